The normalized spacial score (nSPS) is 12.8. The van der Waals surface area contributed by atoms with Crippen LogP contribution in [0.15, 0.2) is 18.2 Å². The van der Waals surface area contributed by atoms with Crippen LogP contribution in [0.25, 0.3) is 0 Å². The zero-order valence-corrected chi connectivity index (χ0v) is 14.3. The van der Waals surface area contributed by atoms with E-state index in [9.17, 15) is 0 Å². The Bertz CT molecular complexity index is 404. The first-order valence-electron chi connectivity index (χ1n) is 7.74. The maximum atomic E-state index is 6.48. The third-order valence-electron chi connectivity index (χ3n) is 3.68. The molecule has 114 valence electrons. The summed E-state index contributed by atoms with van der Waals surface area (Å²) in [7, 11) is 0. The zero-order chi connectivity index (χ0) is 15.1. The van der Waals surface area contributed by atoms with Gasteiger partial charge in [-0.1, -0.05) is 51.8 Å². The fourth-order valence-electron chi connectivity index (χ4n) is 2.14. The van der Waals surface area contributed by atoms with Gasteiger partial charge in [-0.2, -0.15) is 0 Å². The average molecular weight is 297 g/mol. The second kappa shape index (κ2) is 8.53. The van der Waals surface area contributed by atoms with E-state index in [0.717, 1.165) is 30.3 Å². The highest BCUT2D eigenvalue weighted by Crippen LogP contribution is 2.28. The van der Waals surface area contributed by atoms with Crippen LogP contribution in [0.3, 0.4) is 0 Å². The Hall–Kier alpha value is -0.730. The van der Waals surface area contributed by atoms with Crippen molar-refractivity contribution >= 4 is 17.3 Å². The van der Waals surface area contributed by atoms with E-state index in [1.165, 1.54) is 12.0 Å². The average Bonchev–Trinajstić information content (AvgIpc) is 2.42. The number of hydrogen-bond donors (Lipinski definition) is 1. The highest BCUT2D eigenvalue weighted by molar-refractivity contribution is 6.33. The summed E-state index contributed by atoms with van der Waals surface area (Å²) in [4.78, 5) is 2.37. The lowest BCUT2D eigenvalue weighted by atomic mass is 10.1. The molecule has 0 aliphatic heterocycles. The van der Waals surface area contributed by atoms with Crippen molar-refractivity contribution < 1.29 is 0 Å². The van der Waals surface area contributed by atoms with E-state index >= 15 is 0 Å². The molecule has 0 spiro atoms. The van der Waals surface area contributed by atoms with Gasteiger partial charge in [0.2, 0.25) is 0 Å². The van der Waals surface area contributed by atoms with Crippen LogP contribution >= 0.6 is 11.6 Å². The van der Waals surface area contributed by atoms with Crippen LogP contribution in [-0.2, 0) is 6.54 Å². The molecule has 0 aliphatic rings. The van der Waals surface area contributed by atoms with E-state index in [4.69, 9.17) is 11.6 Å². The van der Waals surface area contributed by atoms with Gasteiger partial charge in [-0.25, -0.2) is 0 Å². The zero-order valence-electron chi connectivity index (χ0n) is 13.5. The van der Waals surface area contributed by atoms with Crippen LogP contribution in [0.5, 0.6) is 0 Å². The lowest BCUT2D eigenvalue weighted by molar-refractivity contribution is 0.548. The fourth-order valence-corrected chi connectivity index (χ4v) is 2.46. The summed E-state index contributed by atoms with van der Waals surface area (Å²) >= 11 is 6.48. The molecule has 1 aromatic carbocycles. The molecule has 0 heterocycles. The van der Waals surface area contributed by atoms with Gasteiger partial charge in [0.05, 0.1) is 10.7 Å². The van der Waals surface area contributed by atoms with Gasteiger partial charge in [-0.05, 0) is 30.5 Å². The molecular formula is C17H29ClN2. The standard InChI is InChI=1S/C17H29ClN2/c1-6-14(5)12-20(7-2)17-9-8-15(10-16(17)18)11-19-13(3)4/h8-10,13-14,19H,6-7,11-12H2,1-5H3. The quantitative estimate of drug-likeness (QED) is 0.747. The Morgan fingerprint density at radius 2 is 1.90 bits per heavy atom. The molecule has 1 unspecified atom stereocenters. The molecule has 2 nitrogen and oxygen atoms in total. The van der Waals surface area contributed by atoms with Crippen molar-refractivity contribution in [2.75, 3.05) is 18.0 Å². The molecule has 0 saturated carbocycles. The first kappa shape index (κ1) is 17.3. The first-order chi connectivity index (χ1) is 9.47. The Balaban J connectivity index is 2.79. The largest absolute Gasteiger partial charge is 0.370 e. The summed E-state index contributed by atoms with van der Waals surface area (Å²) in [5.41, 5.74) is 2.40. The predicted octanol–water partition coefficient (Wildman–Crippen LogP) is 4.71. The molecule has 0 aliphatic carbocycles. The maximum absolute atomic E-state index is 6.48. The number of nitrogens with one attached hydrogen (secondary N) is 1. The van der Waals surface area contributed by atoms with E-state index in [0.29, 0.717) is 12.0 Å². The summed E-state index contributed by atoms with van der Waals surface area (Å²) in [5.74, 6) is 0.688. The van der Waals surface area contributed by atoms with Crippen LogP contribution in [0, 0.1) is 5.92 Å². The van der Waals surface area contributed by atoms with Crippen molar-refractivity contribution in [3.05, 3.63) is 28.8 Å². The number of hydrogen-bond acceptors (Lipinski definition) is 2. The Morgan fingerprint density at radius 3 is 2.40 bits per heavy atom. The Morgan fingerprint density at radius 1 is 1.20 bits per heavy atom. The summed E-state index contributed by atoms with van der Waals surface area (Å²) in [6, 6.07) is 6.92. The van der Waals surface area contributed by atoms with E-state index < -0.39 is 0 Å². The second-order valence-electron chi connectivity index (χ2n) is 5.87. The van der Waals surface area contributed by atoms with Crippen LogP contribution < -0.4 is 10.2 Å². The molecule has 20 heavy (non-hydrogen) atoms. The highest BCUT2D eigenvalue weighted by Gasteiger charge is 2.12. The van der Waals surface area contributed by atoms with Gasteiger partial charge in [0, 0.05) is 25.7 Å². The molecule has 0 radical (unpaired) electrons. The fraction of sp³-hybridized carbons (Fsp3) is 0.647. The number of nitrogens with zero attached hydrogens (tertiary/aromatic N) is 1. The predicted molar refractivity (Wildman–Crippen MR) is 90.8 cm³/mol. The third kappa shape index (κ3) is 5.34. The first-order valence-corrected chi connectivity index (χ1v) is 8.12. The van der Waals surface area contributed by atoms with E-state index in [-0.39, 0.29) is 0 Å². The smallest absolute Gasteiger partial charge is 0.0642 e. The van der Waals surface area contributed by atoms with E-state index in [1.54, 1.807) is 0 Å². The van der Waals surface area contributed by atoms with Gasteiger partial charge in [0.25, 0.3) is 0 Å². The van der Waals surface area contributed by atoms with Crippen LogP contribution in [0.1, 0.15) is 46.6 Å². The number of anilines is 1. The maximum Gasteiger partial charge on any atom is 0.0642 e. The minimum Gasteiger partial charge on any atom is -0.370 e. The third-order valence-corrected chi connectivity index (χ3v) is 3.98. The molecule has 0 saturated heterocycles. The van der Waals surface area contributed by atoms with Gasteiger partial charge in [0.1, 0.15) is 0 Å². The van der Waals surface area contributed by atoms with Crippen LogP contribution in [-0.4, -0.2) is 19.1 Å². The number of rotatable bonds is 8. The number of benzene rings is 1. The molecule has 3 heteroatoms. The molecule has 1 N–H and O–H groups in total. The van der Waals surface area contributed by atoms with Crippen molar-refractivity contribution in [2.45, 2.75) is 53.6 Å². The van der Waals surface area contributed by atoms with Crippen molar-refractivity contribution in [2.24, 2.45) is 5.92 Å². The minimum atomic E-state index is 0.492. The van der Waals surface area contributed by atoms with E-state index in [1.807, 2.05) is 0 Å². The van der Waals surface area contributed by atoms with Crippen LogP contribution in [0.4, 0.5) is 5.69 Å². The lowest BCUT2D eigenvalue weighted by Crippen LogP contribution is -2.28. The molecule has 1 atom stereocenters. The molecule has 0 aromatic heterocycles. The summed E-state index contributed by atoms with van der Waals surface area (Å²) in [6.45, 7) is 14.0. The Kier molecular flexibility index (Phi) is 7.39. The molecule has 1 rings (SSSR count). The van der Waals surface area contributed by atoms with E-state index in [2.05, 4.69) is 63.0 Å². The summed E-state index contributed by atoms with van der Waals surface area (Å²) in [6.07, 6.45) is 1.20. The van der Waals surface area contributed by atoms with Gasteiger partial charge in [-0.3, -0.25) is 0 Å². The number of halogens is 1. The molecule has 1 aromatic rings. The van der Waals surface area contributed by atoms with Gasteiger partial charge < -0.3 is 10.2 Å². The SMILES string of the molecule is CCC(C)CN(CC)c1ccc(CNC(C)C)cc1Cl. The molecule has 0 fully saturated rings. The minimum absolute atomic E-state index is 0.492. The lowest BCUT2D eigenvalue weighted by Gasteiger charge is -2.27. The molecule has 0 bridgehead atoms. The van der Waals surface area contributed by atoms with Crippen LogP contribution in [0.2, 0.25) is 5.02 Å². The molecule has 0 amide bonds. The van der Waals surface area contributed by atoms with Gasteiger partial charge >= 0.3 is 0 Å². The summed E-state index contributed by atoms with van der Waals surface area (Å²) in [5, 5.41) is 4.28. The van der Waals surface area contributed by atoms with Crippen molar-refractivity contribution in [3.63, 3.8) is 0 Å². The monoisotopic (exact) mass is 296 g/mol. The highest BCUT2D eigenvalue weighted by atomic mass is 35.5. The van der Waals surface area contributed by atoms with Gasteiger partial charge in [-0.15, -0.1) is 0 Å². The Labute approximate surface area is 129 Å². The summed E-state index contributed by atoms with van der Waals surface area (Å²) < 4.78 is 0. The van der Waals surface area contributed by atoms with Crippen molar-refractivity contribution in [3.8, 4) is 0 Å². The second-order valence-corrected chi connectivity index (χ2v) is 6.28. The topological polar surface area (TPSA) is 15.3 Å². The molecular weight excluding hydrogens is 268 g/mol. The van der Waals surface area contributed by atoms with Crippen molar-refractivity contribution in [1.29, 1.82) is 0 Å². The van der Waals surface area contributed by atoms with Crippen molar-refractivity contribution in [1.82, 2.24) is 5.32 Å². The van der Waals surface area contributed by atoms with Gasteiger partial charge in [0.15, 0.2) is 0 Å².